The van der Waals surface area contributed by atoms with Gasteiger partial charge in [-0.1, -0.05) is 62.3 Å². The van der Waals surface area contributed by atoms with E-state index in [0.717, 1.165) is 19.3 Å². The molecule has 1 fully saturated rings. The van der Waals surface area contributed by atoms with Crippen molar-refractivity contribution in [3.8, 4) is 0 Å². The predicted octanol–water partition coefficient (Wildman–Crippen LogP) is 4.64. The molecule has 128 valence electrons. The van der Waals surface area contributed by atoms with Crippen molar-refractivity contribution in [3.63, 3.8) is 0 Å². The van der Waals surface area contributed by atoms with Gasteiger partial charge in [0.05, 0.1) is 6.10 Å². The van der Waals surface area contributed by atoms with Crippen LogP contribution in [0.2, 0.25) is 0 Å². The number of aliphatic hydroxyl groups is 1. The smallest absolute Gasteiger partial charge is 0.306 e. The number of ether oxygens (including phenoxy) is 1. The van der Waals surface area contributed by atoms with Crippen molar-refractivity contribution in [3.05, 3.63) is 48.6 Å². The average molecular weight is 318 g/mol. The molecule has 0 aromatic rings. The fraction of sp³-hybridized carbons (Fsp3) is 0.550. The first-order valence-electron chi connectivity index (χ1n) is 8.76. The summed E-state index contributed by atoms with van der Waals surface area (Å²) in [6.45, 7) is 2.20. The van der Waals surface area contributed by atoms with Crippen LogP contribution in [-0.2, 0) is 9.53 Å². The second kappa shape index (κ2) is 12.9. The van der Waals surface area contributed by atoms with E-state index < -0.39 is 6.10 Å². The maximum atomic E-state index is 11.1. The van der Waals surface area contributed by atoms with Crippen molar-refractivity contribution in [2.75, 3.05) is 0 Å². The number of aliphatic hydroxyl groups excluding tert-OH is 1. The topological polar surface area (TPSA) is 46.5 Å². The number of hydrogen-bond donors (Lipinski definition) is 1. The van der Waals surface area contributed by atoms with Gasteiger partial charge < -0.3 is 9.84 Å². The zero-order valence-corrected chi connectivity index (χ0v) is 14.2. The lowest BCUT2D eigenvalue weighted by Crippen LogP contribution is -2.21. The summed E-state index contributed by atoms with van der Waals surface area (Å²) in [5, 5.41) is 9.79. The van der Waals surface area contributed by atoms with Gasteiger partial charge in [-0.2, -0.15) is 0 Å². The van der Waals surface area contributed by atoms with Gasteiger partial charge >= 0.3 is 5.97 Å². The third kappa shape index (κ3) is 10.7. The van der Waals surface area contributed by atoms with E-state index in [4.69, 9.17) is 4.74 Å². The SMILES string of the molecule is CCCCCC=CC[C@@H](O)C=CC=CC=C[C@@H]1CCCC(=O)O1. The van der Waals surface area contributed by atoms with Crippen molar-refractivity contribution >= 4 is 5.97 Å². The third-order valence-corrected chi connectivity index (χ3v) is 3.66. The molecule has 1 rings (SSSR count). The van der Waals surface area contributed by atoms with Crippen LogP contribution < -0.4 is 0 Å². The van der Waals surface area contributed by atoms with E-state index in [9.17, 15) is 9.90 Å². The maximum absolute atomic E-state index is 11.1. The highest BCUT2D eigenvalue weighted by molar-refractivity contribution is 5.70. The van der Waals surface area contributed by atoms with Crippen LogP contribution in [-0.4, -0.2) is 23.3 Å². The summed E-state index contributed by atoms with van der Waals surface area (Å²) >= 11 is 0. The Morgan fingerprint density at radius 1 is 1.22 bits per heavy atom. The quantitative estimate of drug-likeness (QED) is 0.276. The molecule has 0 bridgehead atoms. The van der Waals surface area contributed by atoms with E-state index in [1.54, 1.807) is 6.08 Å². The molecule has 0 saturated carbocycles. The molecule has 3 nitrogen and oxygen atoms in total. The molecule has 0 aromatic heterocycles. The molecule has 0 amide bonds. The summed E-state index contributed by atoms with van der Waals surface area (Å²) in [6, 6.07) is 0. The molecular formula is C20H30O3. The average Bonchev–Trinajstić information content (AvgIpc) is 2.54. The van der Waals surface area contributed by atoms with Crippen LogP contribution in [0.3, 0.4) is 0 Å². The highest BCUT2D eigenvalue weighted by Gasteiger charge is 2.16. The third-order valence-electron chi connectivity index (χ3n) is 3.66. The van der Waals surface area contributed by atoms with E-state index in [0.29, 0.717) is 12.8 Å². The van der Waals surface area contributed by atoms with Gasteiger partial charge in [0.15, 0.2) is 0 Å². The van der Waals surface area contributed by atoms with Crippen molar-refractivity contribution in [2.45, 2.75) is 70.5 Å². The lowest BCUT2D eigenvalue weighted by molar-refractivity contribution is -0.150. The lowest BCUT2D eigenvalue weighted by Gasteiger charge is -2.18. The zero-order valence-electron chi connectivity index (χ0n) is 14.2. The first-order valence-corrected chi connectivity index (χ1v) is 8.76. The van der Waals surface area contributed by atoms with E-state index in [1.165, 1.54) is 19.3 Å². The molecule has 1 saturated heterocycles. The summed E-state index contributed by atoms with van der Waals surface area (Å²) in [7, 11) is 0. The lowest BCUT2D eigenvalue weighted by atomic mass is 10.1. The normalized spacial score (nSPS) is 21.0. The van der Waals surface area contributed by atoms with Crippen LogP contribution in [0.4, 0.5) is 0 Å². The summed E-state index contributed by atoms with van der Waals surface area (Å²) in [4.78, 5) is 11.1. The van der Waals surface area contributed by atoms with Crippen LogP contribution >= 0.6 is 0 Å². The number of cyclic esters (lactones) is 1. The molecule has 2 atom stereocenters. The molecule has 0 unspecified atom stereocenters. The second-order valence-corrected chi connectivity index (χ2v) is 5.85. The number of hydrogen-bond acceptors (Lipinski definition) is 3. The summed E-state index contributed by atoms with van der Waals surface area (Å²) in [5.41, 5.74) is 0. The molecule has 1 N–H and O–H groups in total. The first kappa shape index (κ1) is 19.4. The number of rotatable bonds is 10. The van der Waals surface area contributed by atoms with Crippen LogP contribution in [0.25, 0.3) is 0 Å². The van der Waals surface area contributed by atoms with Crippen molar-refractivity contribution in [1.82, 2.24) is 0 Å². The molecule has 0 spiro atoms. The van der Waals surface area contributed by atoms with Crippen LogP contribution in [0.15, 0.2) is 48.6 Å². The zero-order chi connectivity index (χ0) is 16.8. The monoisotopic (exact) mass is 318 g/mol. The van der Waals surface area contributed by atoms with Gasteiger partial charge in [0, 0.05) is 6.42 Å². The predicted molar refractivity (Wildman–Crippen MR) is 95.1 cm³/mol. The van der Waals surface area contributed by atoms with Crippen LogP contribution in [0.1, 0.15) is 58.3 Å². The Hall–Kier alpha value is -1.61. The first-order chi connectivity index (χ1) is 11.2. The fourth-order valence-electron chi connectivity index (χ4n) is 2.32. The minimum Gasteiger partial charge on any atom is -0.458 e. The Morgan fingerprint density at radius 3 is 2.83 bits per heavy atom. The van der Waals surface area contributed by atoms with Gasteiger partial charge in [-0.15, -0.1) is 0 Å². The second-order valence-electron chi connectivity index (χ2n) is 5.85. The number of allylic oxidation sites excluding steroid dienone is 5. The number of esters is 1. The Labute approximate surface area is 140 Å². The minimum absolute atomic E-state index is 0.0895. The van der Waals surface area contributed by atoms with Crippen LogP contribution in [0, 0.1) is 0 Å². The van der Waals surface area contributed by atoms with Crippen molar-refractivity contribution in [1.29, 1.82) is 0 Å². The van der Waals surface area contributed by atoms with Gasteiger partial charge in [-0.25, -0.2) is 0 Å². The number of carbonyl (C=O) groups excluding carboxylic acids is 1. The molecule has 23 heavy (non-hydrogen) atoms. The summed E-state index contributed by atoms with van der Waals surface area (Å²) in [6.07, 6.45) is 22.6. The van der Waals surface area contributed by atoms with Gasteiger partial charge in [0.2, 0.25) is 0 Å². The van der Waals surface area contributed by atoms with Gasteiger partial charge in [0.25, 0.3) is 0 Å². The summed E-state index contributed by atoms with van der Waals surface area (Å²) < 4.78 is 5.19. The minimum atomic E-state index is -0.439. The largest absolute Gasteiger partial charge is 0.458 e. The fourth-order valence-corrected chi connectivity index (χ4v) is 2.32. The van der Waals surface area contributed by atoms with E-state index >= 15 is 0 Å². The highest BCUT2D eigenvalue weighted by atomic mass is 16.5. The van der Waals surface area contributed by atoms with Crippen molar-refractivity contribution < 1.29 is 14.6 Å². The molecule has 3 heteroatoms. The Bertz CT molecular complexity index is 432. The van der Waals surface area contributed by atoms with E-state index in [2.05, 4.69) is 13.0 Å². The molecule has 1 aliphatic rings. The Morgan fingerprint density at radius 2 is 2.04 bits per heavy atom. The standard InChI is InChI=1S/C20H30O3/c1-2-3-4-5-6-9-13-18(21)14-10-7-8-11-15-19-16-12-17-20(22)23-19/h6-11,14-15,18-19,21H,2-5,12-13,16-17H2,1H3/t18-,19-/m1/s1. The van der Waals surface area contributed by atoms with E-state index in [-0.39, 0.29) is 12.1 Å². The van der Waals surface area contributed by atoms with E-state index in [1.807, 2.05) is 36.5 Å². The Kier molecular flexibility index (Phi) is 10.9. The highest BCUT2D eigenvalue weighted by Crippen LogP contribution is 2.14. The van der Waals surface area contributed by atoms with Crippen LogP contribution in [0.5, 0.6) is 0 Å². The molecule has 0 aliphatic carbocycles. The summed E-state index contributed by atoms with van der Waals surface area (Å²) in [5.74, 6) is -0.111. The maximum Gasteiger partial charge on any atom is 0.306 e. The molecule has 1 aliphatic heterocycles. The van der Waals surface area contributed by atoms with Crippen molar-refractivity contribution in [2.24, 2.45) is 0 Å². The molecule has 1 heterocycles. The molecule has 0 aromatic carbocycles. The van der Waals surface area contributed by atoms with Gasteiger partial charge in [-0.05, 0) is 38.2 Å². The molecule has 0 radical (unpaired) electrons. The van der Waals surface area contributed by atoms with Gasteiger partial charge in [0.1, 0.15) is 6.10 Å². The Balaban J connectivity index is 2.14. The van der Waals surface area contributed by atoms with Gasteiger partial charge in [-0.3, -0.25) is 4.79 Å². The molecular weight excluding hydrogens is 288 g/mol. The number of carbonyl (C=O) groups is 1. The number of unbranched alkanes of at least 4 members (excludes halogenated alkanes) is 3.